The predicted molar refractivity (Wildman–Crippen MR) is 69.4 cm³/mol. The SMILES string of the molecule is CC1CC(C(=O)N2CCCC2CO)(C(N)=S)C1. The number of thiocarbonyl (C=S) groups is 1. The summed E-state index contributed by atoms with van der Waals surface area (Å²) in [5.41, 5.74) is 5.15. The zero-order chi connectivity index (χ0) is 12.6. The standard InChI is InChI=1S/C12H20N2O2S/c1-8-5-12(6-8,10(13)17)11(16)14-4-2-3-9(14)7-15/h8-9,15H,2-7H2,1H3,(H2,13,17). The number of hydrogen-bond acceptors (Lipinski definition) is 3. The minimum absolute atomic E-state index is 0.0364. The van der Waals surface area contributed by atoms with E-state index in [0.29, 0.717) is 10.9 Å². The first-order valence-electron chi connectivity index (χ1n) is 6.23. The summed E-state index contributed by atoms with van der Waals surface area (Å²) >= 11 is 5.09. The maximum Gasteiger partial charge on any atom is 0.235 e. The second kappa shape index (κ2) is 4.53. The number of aliphatic hydroxyl groups is 1. The third-order valence-electron chi connectivity index (χ3n) is 4.12. The quantitative estimate of drug-likeness (QED) is 0.729. The highest BCUT2D eigenvalue weighted by Crippen LogP contribution is 2.47. The second-order valence-electron chi connectivity index (χ2n) is 5.44. The van der Waals surface area contributed by atoms with Crippen LogP contribution in [0, 0.1) is 11.3 Å². The monoisotopic (exact) mass is 256 g/mol. The van der Waals surface area contributed by atoms with Gasteiger partial charge in [0.25, 0.3) is 0 Å². The van der Waals surface area contributed by atoms with Crippen molar-refractivity contribution >= 4 is 23.1 Å². The number of carbonyl (C=O) groups is 1. The number of hydrogen-bond donors (Lipinski definition) is 2. The maximum atomic E-state index is 12.6. The molecule has 1 unspecified atom stereocenters. The number of amides is 1. The fraction of sp³-hybridized carbons (Fsp3) is 0.833. The highest BCUT2D eigenvalue weighted by molar-refractivity contribution is 7.80. The van der Waals surface area contributed by atoms with Gasteiger partial charge in [-0.05, 0) is 31.6 Å². The molecule has 1 amide bonds. The normalized spacial score (nSPS) is 36.7. The van der Waals surface area contributed by atoms with Crippen molar-refractivity contribution in [3.63, 3.8) is 0 Å². The lowest BCUT2D eigenvalue weighted by Gasteiger charge is -2.46. The highest BCUT2D eigenvalue weighted by atomic mass is 32.1. The van der Waals surface area contributed by atoms with E-state index in [2.05, 4.69) is 6.92 Å². The molecule has 0 aromatic carbocycles. The lowest BCUT2D eigenvalue weighted by atomic mass is 9.61. The third-order valence-corrected chi connectivity index (χ3v) is 4.51. The molecule has 0 bridgehead atoms. The van der Waals surface area contributed by atoms with Crippen molar-refractivity contribution in [2.45, 2.75) is 38.6 Å². The molecule has 1 saturated heterocycles. The predicted octanol–water partition coefficient (Wildman–Crippen LogP) is 0.672. The molecule has 1 saturated carbocycles. The number of nitrogens with zero attached hydrogens (tertiary/aromatic N) is 1. The number of nitrogens with two attached hydrogens (primary N) is 1. The van der Waals surface area contributed by atoms with Crippen molar-refractivity contribution in [2.75, 3.05) is 13.2 Å². The Labute approximate surface area is 107 Å². The molecule has 0 spiro atoms. The zero-order valence-corrected chi connectivity index (χ0v) is 11.0. The largest absolute Gasteiger partial charge is 0.394 e. The van der Waals surface area contributed by atoms with Crippen molar-refractivity contribution < 1.29 is 9.90 Å². The summed E-state index contributed by atoms with van der Waals surface area (Å²) in [4.78, 5) is 14.7. The minimum atomic E-state index is -0.619. The van der Waals surface area contributed by atoms with E-state index in [4.69, 9.17) is 18.0 Å². The van der Waals surface area contributed by atoms with E-state index in [1.807, 2.05) is 0 Å². The molecule has 2 fully saturated rings. The van der Waals surface area contributed by atoms with Crippen LogP contribution in [0.25, 0.3) is 0 Å². The first kappa shape index (κ1) is 12.8. The average molecular weight is 256 g/mol. The van der Waals surface area contributed by atoms with Gasteiger partial charge in [0.2, 0.25) is 5.91 Å². The van der Waals surface area contributed by atoms with Crippen molar-refractivity contribution in [3.05, 3.63) is 0 Å². The summed E-state index contributed by atoms with van der Waals surface area (Å²) < 4.78 is 0. The van der Waals surface area contributed by atoms with Gasteiger partial charge in [0.05, 0.1) is 23.1 Å². The number of aliphatic hydroxyl groups excluding tert-OH is 1. The van der Waals surface area contributed by atoms with E-state index in [1.165, 1.54) is 0 Å². The van der Waals surface area contributed by atoms with E-state index in [0.717, 1.165) is 32.2 Å². The molecule has 2 aliphatic rings. The molecule has 1 heterocycles. The van der Waals surface area contributed by atoms with Crippen molar-refractivity contribution in [3.8, 4) is 0 Å². The minimum Gasteiger partial charge on any atom is -0.394 e. The van der Waals surface area contributed by atoms with Crippen LogP contribution < -0.4 is 5.73 Å². The molecule has 4 nitrogen and oxygen atoms in total. The first-order valence-corrected chi connectivity index (χ1v) is 6.64. The number of likely N-dealkylation sites (tertiary alicyclic amines) is 1. The van der Waals surface area contributed by atoms with Crippen LogP contribution in [0.4, 0.5) is 0 Å². The molecule has 2 rings (SSSR count). The maximum absolute atomic E-state index is 12.6. The summed E-state index contributed by atoms with van der Waals surface area (Å²) in [6.07, 6.45) is 3.36. The fourth-order valence-electron chi connectivity index (χ4n) is 3.18. The Bertz CT molecular complexity index is 339. The average Bonchev–Trinajstić information content (AvgIpc) is 2.70. The molecule has 0 aromatic rings. The van der Waals surface area contributed by atoms with Crippen LogP contribution in [0.15, 0.2) is 0 Å². The van der Waals surface area contributed by atoms with Crippen molar-refractivity contribution in [1.29, 1.82) is 0 Å². The Balaban J connectivity index is 2.15. The van der Waals surface area contributed by atoms with Gasteiger partial charge in [-0.15, -0.1) is 0 Å². The fourth-order valence-corrected chi connectivity index (χ4v) is 3.43. The highest BCUT2D eigenvalue weighted by Gasteiger charge is 2.53. The third kappa shape index (κ3) is 1.95. The van der Waals surface area contributed by atoms with E-state index < -0.39 is 5.41 Å². The molecule has 0 radical (unpaired) electrons. The van der Waals surface area contributed by atoms with Crippen molar-refractivity contribution in [1.82, 2.24) is 4.90 Å². The van der Waals surface area contributed by atoms with Gasteiger partial charge in [-0.25, -0.2) is 0 Å². The Morgan fingerprint density at radius 1 is 1.59 bits per heavy atom. The molecule has 1 atom stereocenters. The molecule has 1 aliphatic carbocycles. The van der Waals surface area contributed by atoms with Gasteiger partial charge in [0.15, 0.2) is 0 Å². The van der Waals surface area contributed by atoms with Gasteiger partial charge in [-0.3, -0.25) is 4.79 Å². The van der Waals surface area contributed by atoms with Crippen LogP contribution >= 0.6 is 12.2 Å². The Morgan fingerprint density at radius 3 is 2.71 bits per heavy atom. The summed E-state index contributed by atoms with van der Waals surface area (Å²) in [7, 11) is 0. The van der Waals surface area contributed by atoms with Crippen LogP contribution in [0.2, 0.25) is 0 Å². The van der Waals surface area contributed by atoms with E-state index in [9.17, 15) is 9.90 Å². The van der Waals surface area contributed by atoms with E-state index >= 15 is 0 Å². The van der Waals surface area contributed by atoms with E-state index in [-0.39, 0.29) is 18.6 Å². The molecule has 3 N–H and O–H groups in total. The molecular weight excluding hydrogens is 236 g/mol. The summed E-state index contributed by atoms with van der Waals surface area (Å²) in [5.74, 6) is 0.551. The molecule has 0 aromatic heterocycles. The zero-order valence-electron chi connectivity index (χ0n) is 10.2. The lowest BCUT2D eigenvalue weighted by Crippen LogP contribution is -2.58. The molecule has 17 heavy (non-hydrogen) atoms. The summed E-state index contributed by atoms with van der Waals surface area (Å²) in [5, 5.41) is 9.27. The first-order chi connectivity index (χ1) is 8.01. The van der Waals surface area contributed by atoms with Crippen LogP contribution in [0.5, 0.6) is 0 Å². The second-order valence-corrected chi connectivity index (χ2v) is 5.88. The van der Waals surface area contributed by atoms with Crippen LogP contribution in [-0.2, 0) is 4.79 Å². The summed E-state index contributed by atoms with van der Waals surface area (Å²) in [6.45, 7) is 2.87. The molecule has 5 heteroatoms. The van der Waals surface area contributed by atoms with Crippen LogP contribution in [0.3, 0.4) is 0 Å². The van der Waals surface area contributed by atoms with Gasteiger partial charge in [-0.1, -0.05) is 19.1 Å². The van der Waals surface area contributed by atoms with Crippen LogP contribution in [-0.4, -0.2) is 40.1 Å². The van der Waals surface area contributed by atoms with Crippen molar-refractivity contribution in [2.24, 2.45) is 17.1 Å². The molecule has 96 valence electrons. The molecular formula is C12H20N2O2S. The smallest absolute Gasteiger partial charge is 0.235 e. The Kier molecular flexibility index (Phi) is 3.41. The van der Waals surface area contributed by atoms with Gasteiger partial charge < -0.3 is 15.7 Å². The van der Waals surface area contributed by atoms with E-state index in [1.54, 1.807) is 4.90 Å². The van der Waals surface area contributed by atoms with Crippen LogP contribution in [0.1, 0.15) is 32.6 Å². The van der Waals surface area contributed by atoms with Gasteiger partial charge in [0, 0.05) is 6.54 Å². The number of carbonyl (C=O) groups excluding carboxylic acids is 1. The van der Waals surface area contributed by atoms with Gasteiger partial charge in [0.1, 0.15) is 0 Å². The van der Waals surface area contributed by atoms with Gasteiger partial charge >= 0.3 is 0 Å². The van der Waals surface area contributed by atoms with Gasteiger partial charge in [-0.2, -0.15) is 0 Å². The molecule has 1 aliphatic heterocycles. The Morgan fingerprint density at radius 2 is 2.24 bits per heavy atom. The number of rotatable bonds is 3. The topological polar surface area (TPSA) is 66.6 Å². The lowest BCUT2D eigenvalue weighted by molar-refractivity contribution is -0.145. The Hall–Kier alpha value is -0.680. The summed E-state index contributed by atoms with van der Waals surface area (Å²) in [6, 6.07) is -0.0374.